The third-order valence-electron chi connectivity index (χ3n) is 5.89. The summed E-state index contributed by atoms with van der Waals surface area (Å²) in [6.45, 7) is 9.43. The summed E-state index contributed by atoms with van der Waals surface area (Å²) in [5.74, 6) is 1.96. The van der Waals surface area contributed by atoms with Gasteiger partial charge in [-0.15, -0.1) is 0 Å². The summed E-state index contributed by atoms with van der Waals surface area (Å²) >= 11 is 0. The summed E-state index contributed by atoms with van der Waals surface area (Å²) in [5.41, 5.74) is 5.00. The van der Waals surface area contributed by atoms with E-state index in [1.165, 1.54) is 34.9 Å². The number of fused-ring (bicyclic) bond motifs is 1. The van der Waals surface area contributed by atoms with Crippen molar-refractivity contribution in [2.45, 2.75) is 59.2 Å². The van der Waals surface area contributed by atoms with Gasteiger partial charge in [0.05, 0.1) is 12.8 Å². The van der Waals surface area contributed by atoms with Crippen molar-refractivity contribution in [2.75, 3.05) is 13.7 Å². The van der Waals surface area contributed by atoms with Crippen molar-refractivity contribution in [1.82, 2.24) is 14.6 Å². The minimum atomic E-state index is 0.400. The summed E-state index contributed by atoms with van der Waals surface area (Å²) in [5, 5.41) is 5.53. The lowest BCUT2D eigenvalue weighted by Gasteiger charge is -2.24. The molecule has 0 spiro atoms. The van der Waals surface area contributed by atoms with Gasteiger partial charge in [-0.1, -0.05) is 12.1 Å². The molecule has 1 saturated heterocycles. The monoisotopic (exact) mass is 367 g/mol. The van der Waals surface area contributed by atoms with Crippen LogP contribution in [0, 0.1) is 6.92 Å². The molecule has 1 aliphatic rings. The van der Waals surface area contributed by atoms with Gasteiger partial charge in [0.2, 0.25) is 0 Å². The van der Waals surface area contributed by atoms with Gasteiger partial charge in [-0.2, -0.15) is 0 Å². The number of methoxy groups -OCH3 is 1. The Labute approximate surface area is 160 Å². The molecule has 1 aromatic carbocycles. The highest BCUT2D eigenvalue weighted by Crippen LogP contribution is 2.38. The van der Waals surface area contributed by atoms with Gasteiger partial charge in [0.25, 0.3) is 0 Å². The fraction of sp³-hybridized carbons (Fsp3) is 0.500. The Morgan fingerprint density at radius 1 is 1.30 bits per heavy atom. The Bertz CT molecular complexity index is 941. The third-order valence-corrected chi connectivity index (χ3v) is 5.89. The van der Waals surface area contributed by atoms with Gasteiger partial charge in [0.1, 0.15) is 11.5 Å². The molecule has 144 valence electrons. The van der Waals surface area contributed by atoms with Crippen LogP contribution in [0.2, 0.25) is 0 Å². The number of likely N-dealkylation sites (tertiary alicyclic amines) is 1. The second-order valence-corrected chi connectivity index (χ2v) is 7.41. The molecule has 5 heteroatoms. The lowest BCUT2D eigenvalue weighted by molar-refractivity contribution is 0.245. The van der Waals surface area contributed by atoms with Crippen LogP contribution in [0.25, 0.3) is 10.9 Å². The Morgan fingerprint density at radius 2 is 2.15 bits per heavy atom. The highest BCUT2D eigenvalue weighted by molar-refractivity contribution is 5.85. The van der Waals surface area contributed by atoms with Gasteiger partial charge >= 0.3 is 0 Å². The Hall–Kier alpha value is -2.27. The van der Waals surface area contributed by atoms with E-state index in [2.05, 4.69) is 53.7 Å². The van der Waals surface area contributed by atoms with Gasteiger partial charge < -0.3 is 13.8 Å². The second kappa shape index (κ2) is 7.39. The van der Waals surface area contributed by atoms with Crippen LogP contribution in [0.4, 0.5) is 0 Å². The standard InChI is InChI=1S/C22H29N3O2/c1-5-21-22(15(3)23-27-21)20-8-7-11-25(20)14-16-13-24(6-2)19-10-9-17(26-4)12-18(16)19/h9-10,12-13,20H,5-8,11,14H2,1-4H3/t20-/m1/s1. The van der Waals surface area contributed by atoms with Gasteiger partial charge in [0, 0.05) is 48.2 Å². The van der Waals surface area contributed by atoms with Crippen LogP contribution in [-0.4, -0.2) is 28.3 Å². The fourth-order valence-electron chi connectivity index (χ4n) is 4.53. The molecule has 0 aliphatic carbocycles. The molecular formula is C22H29N3O2. The van der Waals surface area contributed by atoms with E-state index >= 15 is 0 Å². The average Bonchev–Trinajstić information content (AvgIpc) is 3.38. The summed E-state index contributed by atoms with van der Waals surface area (Å²) in [4.78, 5) is 2.59. The van der Waals surface area contributed by atoms with Gasteiger partial charge in [0.15, 0.2) is 0 Å². The van der Waals surface area contributed by atoms with E-state index in [1.807, 2.05) is 6.07 Å². The summed E-state index contributed by atoms with van der Waals surface area (Å²) in [6.07, 6.45) is 5.59. The normalized spacial score (nSPS) is 17.9. The first-order valence-electron chi connectivity index (χ1n) is 10.0. The molecule has 0 saturated carbocycles. The highest BCUT2D eigenvalue weighted by atomic mass is 16.5. The van der Waals surface area contributed by atoms with Crippen LogP contribution in [0.15, 0.2) is 28.9 Å². The number of hydrogen-bond acceptors (Lipinski definition) is 4. The number of nitrogens with zero attached hydrogens (tertiary/aromatic N) is 3. The Morgan fingerprint density at radius 3 is 2.89 bits per heavy atom. The topological polar surface area (TPSA) is 43.4 Å². The number of ether oxygens (including phenoxy) is 1. The number of rotatable bonds is 6. The van der Waals surface area contributed by atoms with Gasteiger partial charge in [-0.25, -0.2) is 0 Å². The Balaban J connectivity index is 1.69. The minimum Gasteiger partial charge on any atom is -0.497 e. The van der Waals surface area contributed by atoms with Crippen molar-refractivity contribution in [1.29, 1.82) is 0 Å². The largest absolute Gasteiger partial charge is 0.497 e. The molecule has 27 heavy (non-hydrogen) atoms. The third kappa shape index (κ3) is 3.14. The smallest absolute Gasteiger partial charge is 0.141 e. The number of aromatic nitrogens is 2. The molecule has 0 unspecified atom stereocenters. The maximum atomic E-state index is 5.58. The average molecular weight is 367 g/mol. The fourth-order valence-corrected chi connectivity index (χ4v) is 4.53. The van der Waals surface area contributed by atoms with E-state index in [4.69, 9.17) is 9.26 Å². The van der Waals surface area contributed by atoms with Crippen molar-refractivity contribution in [3.63, 3.8) is 0 Å². The van der Waals surface area contributed by atoms with Crippen molar-refractivity contribution >= 4 is 10.9 Å². The molecule has 0 amide bonds. The van der Waals surface area contributed by atoms with Crippen LogP contribution < -0.4 is 4.74 Å². The zero-order valence-electron chi connectivity index (χ0n) is 16.8. The minimum absolute atomic E-state index is 0.400. The predicted molar refractivity (Wildman–Crippen MR) is 107 cm³/mol. The van der Waals surface area contributed by atoms with E-state index < -0.39 is 0 Å². The van der Waals surface area contributed by atoms with E-state index in [0.717, 1.165) is 43.3 Å². The SMILES string of the molecule is CCc1onc(C)c1[C@H]1CCCN1Cc1cn(CC)c2ccc(OC)cc12. The predicted octanol–water partition coefficient (Wildman–Crippen LogP) is 4.87. The number of hydrogen-bond donors (Lipinski definition) is 0. The molecule has 5 nitrogen and oxygen atoms in total. The lowest BCUT2D eigenvalue weighted by Crippen LogP contribution is -2.23. The molecule has 0 radical (unpaired) electrons. The molecule has 1 fully saturated rings. The van der Waals surface area contributed by atoms with E-state index in [1.54, 1.807) is 7.11 Å². The lowest BCUT2D eigenvalue weighted by atomic mass is 10.0. The number of benzene rings is 1. The van der Waals surface area contributed by atoms with Crippen molar-refractivity contribution in [3.05, 3.63) is 47.0 Å². The first-order chi connectivity index (χ1) is 13.2. The maximum Gasteiger partial charge on any atom is 0.141 e. The first kappa shape index (κ1) is 18.1. The molecule has 1 atom stereocenters. The van der Waals surface area contributed by atoms with Gasteiger partial charge in [-0.05, 0) is 57.0 Å². The van der Waals surface area contributed by atoms with E-state index in [-0.39, 0.29) is 0 Å². The maximum absolute atomic E-state index is 5.58. The molecule has 2 aromatic heterocycles. The molecule has 1 aliphatic heterocycles. The quantitative estimate of drug-likeness (QED) is 0.624. The molecule has 0 bridgehead atoms. The Kier molecular flexibility index (Phi) is 4.96. The summed E-state index contributed by atoms with van der Waals surface area (Å²) < 4.78 is 13.4. The second-order valence-electron chi connectivity index (χ2n) is 7.41. The van der Waals surface area contributed by atoms with Crippen LogP contribution in [0.3, 0.4) is 0 Å². The van der Waals surface area contributed by atoms with Crippen molar-refractivity contribution in [2.24, 2.45) is 0 Å². The summed E-state index contributed by atoms with van der Waals surface area (Å²) in [6, 6.07) is 6.79. The molecular weight excluding hydrogens is 338 g/mol. The summed E-state index contributed by atoms with van der Waals surface area (Å²) in [7, 11) is 1.73. The first-order valence-corrected chi connectivity index (χ1v) is 10.0. The van der Waals surface area contributed by atoms with Crippen LogP contribution in [0.5, 0.6) is 5.75 Å². The highest BCUT2D eigenvalue weighted by Gasteiger charge is 2.31. The molecule has 3 heterocycles. The van der Waals surface area contributed by atoms with Crippen LogP contribution in [-0.2, 0) is 19.5 Å². The van der Waals surface area contributed by atoms with Crippen LogP contribution >= 0.6 is 0 Å². The van der Waals surface area contributed by atoms with E-state index in [0.29, 0.717) is 6.04 Å². The van der Waals surface area contributed by atoms with Crippen molar-refractivity contribution < 1.29 is 9.26 Å². The zero-order valence-corrected chi connectivity index (χ0v) is 16.8. The number of aryl methyl sites for hydroxylation is 3. The van der Waals surface area contributed by atoms with Crippen molar-refractivity contribution in [3.8, 4) is 5.75 Å². The van der Waals surface area contributed by atoms with Crippen LogP contribution in [0.1, 0.15) is 55.3 Å². The van der Waals surface area contributed by atoms with Gasteiger partial charge in [-0.3, -0.25) is 4.90 Å². The molecule has 3 aromatic rings. The molecule has 4 rings (SSSR count). The molecule has 0 N–H and O–H groups in total. The van der Waals surface area contributed by atoms with E-state index in [9.17, 15) is 0 Å². The zero-order chi connectivity index (χ0) is 19.0.